The molecule has 2 aromatic rings. The van der Waals surface area contributed by atoms with Gasteiger partial charge in [-0.2, -0.15) is 0 Å². The van der Waals surface area contributed by atoms with Gasteiger partial charge in [0.1, 0.15) is 0 Å². The monoisotopic (exact) mass is 358 g/mol. The van der Waals surface area contributed by atoms with Crippen LogP contribution >= 0.6 is 0 Å². The number of halogens is 2. The second kappa shape index (κ2) is 8.54. The van der Waals surface area contributed by atoms with Gasteiger partial charge < -0.3 is 5.11 Å². The zero-order valence-electron chi connectivity index (χ0n) is 14.7. The topological polar surface area (TPSA) is 37.3 Å². The summed E-state index contributed by atoms with van der Waals surface area (Å²) in [5.74, 6) is 0.361. The Labute approximate surface area is 152 Å². The molecule has 138 valence electrons. The highest BCUT2D eigenvalue weighted by Crippen LogP contribution is 2.30. The van der Waals surface area contributed by atoms with Crippen LogP contribution in [0.15, 0.2) is 48.5 Å². The smallest absolute Gasteiger partial charge is 0.263 e. The Morgan fingerprint density at radius 1 is 1.04 bits per heavy atom. The zero-order chi connectivity index (χ0) is 18.5. The number of aliphatic hydroxyl groups excluding tert-OH is 1. The maximum absolute atomic E-state index is 12.7. The van der Waals surface area contributed by atoms with Gasteiger partial charge in [-0.3, -0.25) is 4.79 Å². The van der Waals surface area contributed by atoms with Gasteiger partial charge in [0.05, 0.1) is 6.10 Å². The van der Waals surface area contributed by atoms with Crippen molar-refractivity contribution in [1.82, 2.24) is 0 Å². The van der Waals surface area contributed by atoms with Crippen molar-refractivity contribution >= 4 is 5.78 Å². The molecule has 1 aliphatic rings. The molecule has 1 aliphatic carbocycles. The molecule has 0 bridgehead atoms. The normalized spacial score (nSPS) is 15.2. The lowest BCUT2D eigenvalue weighted by atomic mass is 9.95. The zero-order valence-corrected chi connectivity index (χ0v) is 14.7. The molecule has 0 fully saturated rings. The molecule has 3 rings (SSSR count). The van der Waals surface area contributed by atoms with Gasteiger partial charge in [0.15, 0.2) is 5.78 Å². The number of hydrogen-bond donors (Lipinski definition) is 1. The Morgan fingerprint density at radius 2 is 1.73 bits per heavy atom. The van der Waals surface area contributed by atoms with E-state index in [1.807, 2.05) is 0 Å². The van der Waals surface area contributed by atoms with E-state index >= 15 is 0 Å². The van der Waals surface area contributed by atoms with E-state index in [0.717, 1.165) is 19.3 Å². The maximum Gasteiger partial charge on any atom is 0.263 e. The molecule has 1 atom stereocenters. The van der Waals surface area contributed by atoms with Crippen molar-refractivity contribution in [3.8, 4) is 0 Å². The number of carbonyl (C=O) groups excluding carboxylic acids is 1. The number of benzene rings is 2. The van der Waals surface area contributed by atoms with Crippen LogP contribution in [0.4, 0.5) is 8.78 Å². The van der Waals surface area contributed by atoms with Crippen molar-refractivity contribution in [2.24, 2.45) is 5.92 Å². The summed E-state index contributed by atoms with van der Waals surface area (Å²) >= 11 is 0. The summed E-state index contributed by atoms with van der Waals surface area (Å²) in [6.07, 6.45) is 1.17. The molecule has 0 saturated heterocycles. The van der Waals surface area contributed by atoms with Crippen molar-refractivity contribution < 1.29 is 18.7 Å². The first-order chi connectivity index (χ1) is 12.5. The third-order valence-corrected chi connectivity index (χ3v) is 5.21. The second-order valence-electron chi connectivity index (χ2n) is 7.16. The van der Waals surface area contributed by atoms with Gasteiger partial charge in [-0.25, -0.2) is 8.78 Å². The number of carbonyl (C=O) groups is 1. The average molecular weight is 358 g/mol. The number of Topliss-reactive ketones (excluding diaryl/α,β-unsaturated/α-hetero) is 1. The first-order valence-electron chi connectivity index (χ1n) is 9.19. The van der Waals surface area contributed by atoms with Gasteiger partial charge in [-0.05, 0) is 55.2 Å². The number of aliphatic hydroxyl groups is 1. The Bertz CT molecular complexity index is 732. The SMILES string of the molecule is O=C(CC[C@@H](O)CCC1Cc2ccccc2C1)c1cccc(C(F)F)c1. The molecule has 0 amide bonds. The minimum absolute atomic E-state index is 0.141. The lowest BCUT2D eigenvalue weighted by Gasteiger charge is -2.13. The van der Waals surface area contributed by atoms with Crippen LogP contribution in [0, 0.1) is 5.92 Å². The van der Waals surface area contributed by atoms with Crippen molar-refractivity contribution in [2.75, 3.05) is 0 Å². The summed E-state index contributed by atoms with van der Waals surface area (Å²) in [6, 6.07) is 14.0. The maximum atomic E-state index is 12.7. The van der Waals surface area contributed by atoms with Gasteiger partial charge in [-0.15, -0.1) is 0 Å². The molecule has 0 aliphatic heterocycles. The van der Waals surface area contributed by atoms with E-state index in [1.165, 1.54) is 29.3 Å². The van der Waals surface area contributed by atoms with E-state index in [2.05, 4.69) is 24.3 Å². The molecule has 2 aromatic carbocycles. The summed E-state index contributed by atoms with van der Waals surface area (Å²) in [6.45, 7) is 0. The molecule has 0 radical (unpaired) electrons. The van der Waals surface area contributed by atoms with Gasteiger partial charge in [0.25, 0.3) is 6.43 Å². The van der Waals surface area contributed by atoms with Crippen LogP contribution < -0.4 is 0 Å². The molecule has 0 aromatic heterocycles. The van der Waals surface area contributed by atoms with E-state index in [4.69, 9.17) is 0 Å². The molecule has 0 unspecified atom stereocenters. The third-order valence-electron chi connectivity index (χ3n) is 5.21. The fraction of sp³-hybridized carbons (Fsp3) is 0.409. The minimum Gasteiger partial charge on any atom is -0.393 e. The molecule has 2 nitrogen and oxygen atoms in total. The van der Waals surface area contributed by atoms with E-state index in [-0.39, 0.29) is 17.8 Å². The Hall–Kier alpha value is -2.07. The third kappa shape index (κ3) is 4.76. The van der Waals surface area contributed by atoms with Crippen LogP contribution in [0.25, 0.3) is 0 Å². The summed E-state index contributed by atoms with van der Waals surface area (Å²) in [5.41, 5.74) is 2.96. The largest absolute Gasteiger partial charge is 0.393 e. The molecular weight excluding hydrogens is 334 g/mol. The minimum atomic E-state index is -2.58. The number of alkyl halides is 2. The predicted molar refractivity (Wildman–Crippen MR) is 97.5 cm³/mol. The molecule has 4 heteroatoms. The standard InChI is InChI=1S/C22H24F2O2/c23-22(24)19-7-3-6-18(14-19)21(26)11-10-20(25)9-8-15-12-16-4-1-2-5-17(16)13-15/h1-7,14-15,20,22,25H,8-13H2/t20-/m0/s1. The summed E-state index contributed by atoms with van der Waals surface area (Å²) < 4.78 is 25.4. The Kier molecular flexibility index (Phi) is 6.15. The van der Waals surface area contributed by atoms with Crippen LogP contribution in [0.1, 0.15) is 59.2 Å². The van der Waals surface area contributed by atoms with Gasteiger partial charge in [-0.1, -0.05) is 42.5 Å². The van der Waals surface area contributed by atoms with E-state index < -0.39 is 12.5 Å². The lowest BCUT2D eigenvalue weighted by Crippen LogP contribution is -2.12. The van der Waals surface area contributed by atoms with Gasteiger partial charge >= 0.3 is 0 Å². The highest BCUT2D eigenvalue weighted by Gasteiger charge is 2.22. The van der Waals surface area contributed by atoms with Crippen LogP contribution in [0.3, 0.4) is 0 Å². The summed E-state index contributed by atoms with van der Waals surface area (Å²) in [7, 11) is 0. The van der Waals surface area contributed by atoms with Crippen LogP contribution in [-0.2, 0) is 12.8 Å². The molecular formula is C22H24F2O2. The number of ketones is 1. The van der Waals surface area contributed by atoms with Crippen LogP contribution in [0.2, 0.25) is 0 Å². The fourth-order valence-corrected chi connectivity index (χ4v) is 3.72. The molecule has 0 heterocycles. The Balaban J connectivity index is 1.42. The van der Waals surface area contributed by atoms with E-state index in [1.54, 1.807) is 6.07 Å². The van der Waals surface area contributed by atoms with E-state index in [0.29, 0.717) is 24.3 Å². The number of hydrogen-bond acceptors (Lipinski definition) is 2. The summed E-state index contributed by atoms with van der Waals surface area (Å²) in [4.78, 5) is 12.2. The number of rotatable bonds is 8. The average Bonchev–Trinajstić information content (AvgIpc) is 3.07. The number of fused-ring (bicyclic) bond motifs is 1. The first-order valence-corrected chi connectivity index (χ1v) is 9.19. The summed E-state index contributed by atoms with van der Waals surface area (Å²) in [5, 5.41) is 10.2. The highest BCUT2D eigenvalue weighted by molar-refractivity contribution is 5.96. The first kappa shape index (κ1) is 18.7. The molecule has 26 heavy (non-hydrogen) atoms. The molecule has 0 spiro atoms. The second-order valence-corrected chi connectivity index (χ2v) is 7.16. The van der Waals surface area contributed by atoms with Crippen molar-refractivity contribution in [1.29, 1.82) is 0 Å². The van der Waals surface area contributed by atoms with Crippen molar-refractivity contribution in [2.45, 2.75) is 51.1 Å². The lowest BCUT2D eigenvalue weighted by molar-refractivity contribution is 0.0926. The van der Waals surface area contributed by atoms with Gasteiger partial charge in [0, 0.05) is 17.5 Å². The van der Waals surface area contributed by atoms with Crippen LogP contribution in [0.5, 0.6) is 0 Å². The highest BCUT2D eigenvalue weighted by atomic mass is 19.3. The molecule has 0 saturated carbocycles. The van der Waals surface area contributed by atoms with E-state index in [9.17, 15) is 18.7 Å². The Morgan fingerprint density at radius 3 is 2.38 bits per heavy atom. The van der Waals surface area contributed by atoms with Crippen molar-refractivity contribution in [3.63, 3.8) is 0 Å². The molecule has 1 N–H and O–H groups in total. The van der Waals surface area contributed by atoms with Crippen molar-refractivity contribution in [3.05, 3.63) is 70.8 Å². The fourth-order valence-electron chi connectivity index (χ4n) is 3.72. The van der Waals surface area contributed by atoms with Crippen LogP contribution in [-0.4, -0.2) is 17.0 Å². The van der Waals surface area contributed by atoms with Gasteiger partial charge in [0.2, 0.25) is 0 Å². The predicted octanol–water partition coefficient (Wildman–Crippen LogP) is 5.14. The quantitative estimate of drug-likeness (QED) is 0.663.